The van der Waals surface area contributed by atoms with Crippen molar-refractivity contribution in [1.29, 1.82) is 0 Å². The molecule has 0 saturated carbocycles. The van der Waals surface area contributed by atoms with Crippen LogP contribution in [0.15, 0.2) is 0 Å². The highest BCUT2D eigenvalue weighted by Crippen LogP contribution is 2.34. The van der Waals surface area contributed by atoms with Crippen LogP contribution in [0.1, 0.15) is 25.7 Å². The molecule has 82 valence electrons. The molecule has 0 aromatic heterocycles. The largest absolute Gasteiger partial charge is 0.323 e. The van der Waals surface area contributed by atoms with Crippen molar-refractivity contribution in [3.8, 4) is 0 Å². The Morgan fingerprint density at radius 2 is 2.20 bits per heavy atom. The maximum Gasteiger partial charge on any atom is 0.322 e. The molecule has 0 bridgehead atoms. The predicted octanol–water partition coefficient (Wildman–Crippen LogP) is -0.177. The van der Waals surface area contributed by atoms with E-state index in [0.717, 1.165) is 32.4 Å². The second-order valence-electron chi connectivity index (χ2n) is 4.78. The number of nitrogens with one attached hydrogen (secondary N) is 2. The summed E-state index contributed by atoms with van der Waals surface area (Å²) in [5, 5.41) is 5.16. The van der Waals surface area contributed by atoms with Gasteiger partial charge in [0.2, 0.25) is 0 Å². The molecule has 0 radical (unpaired) electrons. The van der Waals surface area contributed by atoms with Gasteiger partial charge in [-0.3, -0.25) is 10.1 Å². The normalized spacial score (nSPS) is 40.4. The smallest absolute Gasteiger partial charge is 0.322 e. The van der Waals surface area contributed by atoms with Crippen LogP contribution < -0.4 is 10.6 Å². The fourth-order valence-corrected chi connectivity index (χ4v) is 3.11. The van der Waals surface area contributed by atoms with Crippen LogP contribution in [0.5, 0.6) is 0 Å². The summed E-state index contributed by atoms with van der Waals surface area (Å²) in [6, 6.07) is 0.161. The van der Waals surface area contributed by atoms with Crippen molar-refractivity contribution >= 4 is 11.9 Å². The van der Waals surface area contributed by atoms with Crippen molar-refractivity contribution in [2.24, 2.45) is 0 Å². The molecule has 3 amide bonds. The van der Waals surface area contributed by atoms with Crippen LogP contribution in [-0.4, -0.2) is 41.5 Å². The summed E-state index contributed by atoms with van der Waals surface area (Å²) in [5.41, 5.74) is -0.595. The van der Waals surface area contributed by atoms with E-state index in [4.69, 9.17) is 0 Å². The zero-order chi connectivity index (χ0) is 10.5. The van der Waals surface area contributed by atoms with Crippen molar-refractivity contribution in [3.05, 3.63) is 0 Å². The van der Waals surface area contributed by atoms with E-state index < -0.39 is 5.54 Å². The van der Waals surface area contributed by atoms with Gasteiger partial charge in [0.25, 0.3) is 5.91 Å². The lowest BCUT2D eigenvalue weighted by Gasteiger charge is -2.39. The minimum Gasteiger partial charge on any atom is -0.323 e. The van der Waals surface area contributed by atoms with E-state index in [9.17, 15) is 9.59 Å². The predicted molar refractivity (Wildman–Crippen MR) is 53.2 cm³/mol. The molecule has 3 rings (SSSR count). The summed E-state index contributed by atoms with van der Waals surface area (Å²) in [6.45, 7) is 2.08. The molecule has 0 aromatic rings. The number of fused-ring (bicyclic) bond motifs is 1. The van der Waals surface area contributed by atoms with Gasteiger partial charge in [-0.25, -0.2) is 4.79 Å². The maximum atomic E-state index is 11.7. The molecule has 3 aliphatic heterocycles. The highest BCUT2D eigenvalue weighted by Gasteiger charge is 2.51. The van der Waals surface area contributed by atoms with Crippen LogP contribution in [0.3, 0.4) is 0 Å². The monoisotopic (exact) mass is 209 g/mol. The quantitative estimate of drug-likeness (QED) is 0.544. The molecule has 3 heterocycles. The fraction of sp³-hybridized carbons (Fsp3) is 0.800. The minimum absolute atomic E-state index is 0.126. The third-order valence-corrected chi connectivity index (χ3v) is 3.92. The van der Waals surface area contributed by atoms with Gasteiger partial charge < -0.3 is 10.2 Å². The van der Waals surface area contributed by atoms with Crippen LogP contribution in [0.25, 0.3) is 0 Å². The Bertz CT molecular complexity index is 331. The topological polar surface area (TPSA) is 61.4 Å². The van der Waals surface area contributed by atoms with E-state index in [-0.39, 0.29) is 11.9 Å². The Balaban J connectivity index is 1.83. The maximum absolute atomic E-state index is 11.7. The lowest BCUT2D eigenvalue weighted by Crippen LogP contribution is -2.56. The number of rotatable bonds is 0. The molecule has 2 N–H and O–H groups in total. The van der Waals surface area contributed by atoms with Crippen molar-refractivity contribution in [2.45, 2.75) is 37.3 Å². The van der Waals surface area contributed by atoms with Crippen LogP contribution in [0.2, 0.25) is 0 Å². The summed E-state index contributed by atoms with van der Waals surface area (Å²) >= 11 is 0. The average Bonchev–Trinajstić information content (AvgIpc) is 2.72. The summed E-state index contributed by atoms with van der Waals surface area (Å²) in [4.78, 5) is 25.3. The van der Waals surface area contributed by atoms with Crippen molar-refractivity contribution in [2.75, 3.05) is 13.1 Å². The first-order chi connectivity index (χ1) is 7.20. The zero-order valence-electron chi connectivity index (χ0n) is 8.58. The first-order valence-corrected chi connectivity index (χ1v) is 5.57. The lowest BCUT2D eigenvalue weighted by molar-refractivity contribution is -0.126. The lowest BCUT2D eigenvalue weighted by atomic mass is 9.83. The molecule has 5 nitrogen and oxygen atoms in total. The number of imide groups is 1. The molecular weight excluding hydrogens is 194 g/mol. The standard InChI is InChI=1S/C10H15N3O2/c14-8-10(12-9(15)11-8)3-5-13-4-1-2-7(13)6-10/h7H,1-6H2,(H2,11,12,14,15). The van der Waals surface area contributed by atoms with Gasteiger partial charge in [-0.05, 0) is 32.2 Å². The van der Waals surface area contributed by atoms with Crippen molar-refractivity contribution in [1.82, 2.24) is 15.5 Å². The highest BCUT2D eigenvalue weighted by molar-refractivity contribution is 6.07. The van der Waals surface area contributed by atoms with Gasteiger partial charge in [-0.1, -0.05) is 0 Å². The molecule has 2 atom stereocenters. The number of urea groups is 1. The average molecular weight is 209 g/mol. The van der Waals surface area contributed by atoms with Gasteiger partial charge in [0.15, 0.2) is 0 Å². The van der Waals surface area contributed by atoms with Crippen LogP contribution in [0, 0.1) is 0 Å². The van der Waals surface area contributed by atoms with E-state index in [2.05, 4.69) is 15.5 Å². The van der Waals surface area contributed by atoms with E-state index >= 15 is 0 Å². The molecule has 15 heavy (non-hydrogen) atoms. The van der Waals surface area contributed by atoms with Gasteiger partial charge in [-0.2, -0.15) is 0 Å². The summed E-state index contributed by atoms with van der Waals surface area (Å²) < 4.78 is 0. The molecule has 0 aromatic carbocycles. The SMILES string of the molecule is O=C1NC(=O)C2(CCN3CCCC3C2)N1. The van der Waals surface area contributed by atoms with Crippen LogP contribution in [0.4, 0.5) is 4.79 Å². The van der Waals surface area contributed by atoms with Crippen LogP contribution in [-0.2, 0) is 4.79 Å². The Morgan fingerprint density at radius 1 is 1.33 bits per heavy atom. The summed E-state index contributed by atoms with van der Waals surface area (Å²) in [5.74, 6) is -0.126. The van der Waals surface area contributed by atoms with Gasteiger partial charge in [0, 0.05) is 12.6 Å². The Labute approximate surface area is 88.2 Å². The first-order valence-electron chi connectivity index (χ1n) is 5.57. The third-order valence-electron chi connectivity index (χ3n) is 3.92. The van der Waals surface area contributed by atoms with Gasteiger partial charge in [-0.15, -0.1) is 0 Å². The van der Waals surface area contributed by atoms with E-state index in [1.165, 1.54) is 6.42 Å². The number of piperidine rings is 1. The highest BCUT2D eigenvalue weighted by atomic mass is 16.2. The Morgan fingerprint density at radius 3 is 2.93 bits per heavy atom. The zero-order valence-corrected chi connectivity index (χ0v) is 8.58. The molecule has 2 unspecified atom stereocenters. The fourth-order valence-electron chi connectivity index (χ4n) is 3.11. The van der Waals surface area contributed by atoms with E-state index in [1.54, 1.807) is 0 Å². The van der Waals surface area contributed by atoms with Gasteiger partial charge in [0.1, 0.15) is 5.54 Å². The van der Waals surface area contributed by atoms with Gasteiger partial charge in [0.05, 0.1) is 0 Å². The Kier molecular flexibility index (Phi) is 1.80. The minimum atomic E-state index is -0.595. The van der Waals surface area contributed by atoms with Crippen molar-refractivity contribution in [3.63, 3.8) is 0 Å². The molecule has 3 aliphatic rings. The number of hydrogen-bond acceptors (Lipinski definition) is 3. The number of amides is 3. The molecule has 5 heteroatoms. The molecule has 3 fully saturated rings. The number of nitrogens with zero attached hydrogens (tertiary/aromatic N) is 1. The molecule has 3 saturated heterocycles. The van der Waals surface area contributed by atoms with E-state index in [0.29, 0.717) is 6.04 Å². The first kappa shape index (κ1) is 9.15. The second-order valence-corrected chi connectivity index (χ2v) is 4.78. The Hall–Kier alpha value is -1.10. The second kappa shape index (κ2) is 2.95. The number of hydrogen-bond donors (Lipinski definition) is 2. The summed E-state index contributed by atoms with van der Waals surface area (Å²) in [6.07, 6.45) is 3.91. The van der Waals surface area contributed by atoms with E-state index in [1.807, 2.05) is 0 Å². The van der Waals surface area contributed by atoms with Crippen molar-refractivity contribution < 1.29 is 9.59 Å². The molecular formula is C10H15N3O2. The summed E-state index contributed by atoms with van der Waals surface area (Å²) in [7, 11) is 0. The molecule has 1 spiro atoms. The number of carbonyl (C=O) groups excluding carboxylic acids is 2. The molecule has 0 aliphatic carbocycles. The van der Waals surface area contributed by atoms with Crippen LogP contribution >= 0.6 is 0 Å². The van der Waals surface area contributed by atoms with Gasteiger partial charge >= 0.3 is 6.03 Å². The number of carbonyl (C=O) groups is 2. The third kappa shape index (κ3) is 1.26.